The molecular weight excluding hydrogens is 320 g/mol. The first-order valence-corrected chi connectivity index (χ1v) is 8.87. The highest BCUT2D eigenvalue weighted by molar-refractivity contribution is 5.94. The SMILES string of the molecule is Cc1cccc(NC(=O)C(C)NC(c2ccccc2)c2ccccc2)c1. The lowest BCUT2D eigenvalue weighted by Crippen LogP contribution is -2.40. The predicted molar refractivity (Wildman–Crippen MR) is 107 cm³/mol. The summed E-state index contributed by atoms with van der Waals surface area (Å²) in [4.78, 5) is 12.6. The largest absolute Gasteiger partial charge is 0.325 e. The number of nitrogens with one attached hydrogen (secondary N) is 2. The van der Waals surface area contributed by atoms with E-state index in [0.29, 0.717) is 0 Å². The summed E-state index contributed by atoms with van der Waals surface area (Å²) in [6.45, 7) is 3.90. The smallest absolute Gasteiger partial charge is 0.241 e. The highest BCUT2D eigenvalue weighted by Crippen LogP contribution is 2.22. The molecule has 0 aliphatic rings. The van der Waals surface area contributed by atoms with E-state index in [9.17, 15) is 4.79 Å². The minimum atomic E-state index is -0.346. The molecule has 3 heteroatoms. The van der Waals surface area contributed by atoms with Gasteiger partial charge in [-0.25, -0.2) is 0 Å². The minimum absolute atomic E-state index is 0.0457. The number of hydrogen-bond acceptors (Lipinski definition) is 2. The van der Waals surface area contributed by atoms with Crippen molar-refractivity contribution in [3.05, 3.63) is 102 Å². The standard InChI is InChI=1S/C23H24N2O/c1-17-10-9-15-21(16-17)25-23(26)18(2)24-22(19-11-5-3-6-12-19)20-13-7-4-8-14-20/h3-16,18,22,24H,1-2H3,(H,25,26). The van der Waals surface area contributed by atoms with Crippen LogP contribution in [-0.2, 0) is 4.79 Å². The van der Waals surface area contributed by atoms with Gasteiger partial charge >= 0.3 is 0 Å². The molecule has 132 valence electrons. The normalized spacial score (nSPS) is 12.0. The first-order valence-electron chi connectivity index (χ1n) is 8.87. The van der Waals surface area contributed by atoms with E-state index in [1.165, 1.54) is 0 Å². The average Bonchev–Trinajstić information content (AvgIpc) is 2.67. The molecule has 26 heavy (non-hydrogen) atoms. The first kappa shape index (κ1) is 17.9. The van der Waals surface area contributed by atoms with Crippen LogP contribution in [0.2, 0.25) is 0 Å². The number of rotatable bonds is 6. The first-order chi connectivity index (χ1) is 12.6. The van der Waals surface area contributed by atoms with Crippen LogP contribution < -0.4 is 10.6 Å². The number of anilines is 1. The van der Waals surface area contributed by atoms with Gasteiger partial charge in [0.1, 0.15) is 0 Å². The summed E-state index contributed by atoms with van der Waals surface area (Å²) in [6.07, 6.45) is 0. The molecule has 1 unspecified atom stereocenters. The van der Waals surface area contributed by atoms with Gasteiger partial charge in [-0.1, -0.05) is 72.8 Å². The monoisotopic (exact) mass is 344 g/mol. The molecule has 0 saturated carbocycles. The van der Waals surface area contributed by atoms with Crippen LogP contribution in [-0.4, -0.2) is 11.9 Å². The summed E-state index contributed by atoms with van der Waals surface area (Å²) in [7, 11) is 0. The zero-order valence-electron chi connectivity index (χ0n) is 15.1. The summed E-state index contributed by atoms with van der Waals surface area (Å²) >= 11 is 0. The molecule has 2 N–H and O–H groups in total. The van der Waals surface area contributed by atoms with Crippen LogP contribution in [0, 0.1) is 6.92 Å². The fraction of sp³-hybridized carbons (Fsp3) is 0.174. The zero-order valence-corrected chi connectivity index (χ0v) is 15.1. The minimum Gasteiger partial charge on any atom is -0.325 e. The maximum atomic E-state index is 12.6. The van der Waals surface area contributed by atoms with Crippen LogP contribution in [0.4, 0.5) is 5.69 Å². The third kappa shape index (κ3) is 4.58. The Hall–Kier alpha value is -2.91. The van der Waals surface area contributed by atoms with E-state index < -0.39 is 0 Å². The summed E-state index contributed by atoms with van der Waals surface area (Å²) in [5.41, 5.74) is 4.21. The van der Waals surface area contributed by atoms with Crippen molar-refractivity contribution in [2.24, 2.45) is 0 Å². The van der Waals surface area contributed by atoms with Crippen LogP contribution in [0.1, 0.15) is 29.7 Å². The van der Waals surface area contributed by atoms with Crippen molar-refractivity contribution in [2.45, 2.75) is 25.9 Å². The van der Waals surface area contributed by atoms with Crippen LogP contribution in [0.25, 0.3) is 0 Å². The number of amides is 1. The van der Waals surface area contributed by atoms with Crippen molar-refractivity contribution in [2.75, 3.05) is 5.32 Å². The fourth-order valence-electron chi connectivity index (χ4n) is 2.97. The number of carbonyl (C=O) groups is 1. The van der Waals surface area contributed by atoms with Gasteiger partial charge in [0.25, 0.3) is 0 Å². The quantitative estimate of drug-likeness (QED) is 0.680. The molecule has 0 aliphatic carbocycles. The number of aryl methyl sites for hydroxylation is 1. The van der Waals surface area contributed by atoms with Crippen molar-refractivity contribution >= 4 is 11.6 Å². The highest BCUT2D eigenvalue weighted by Gasteiger charge is 2.20. The van der Waals surface area contributed by atoms with Gasteiger partial charge in [-0.05, 0) is 42.7 Å². The predicted octanol–water partition coefficient (Wildman–Crippen LogP) is 4.70. The van der Waals surface area contributed by atoms with Gasteiger partial charge < -0.3 is 5.32 Å². The van der Waals surface area contributed by atoms with Gasteiger partial charge in [0.2, 0.25) is 5.91 Å². The number of carbonyl (C=O) groups excluding carboxylic acids is 1. The lowest BCUT2D eigenvalue weighted by Gasteiger charge is -2.24. The van der Waals surface area contributed by atoms with E-state index in [0.717, 1.165) is 22.4 Å². The molecule has 0 radical (unpaired) electrons. The second kappa shape index (κ2) is 8.45. The van der Waals surface area contributed by atoms with E-state index in [-0.39, 0.29) is 18.0 Å². The number of hydrogen-bond donors (Lipinski definition) is 2. The third-order valence-corrected chi connectivity index (χ3v) is 4.36. The highest BCUT2D eigenvalue weighted by atomic mass is 16.2. The summed E-state index contributed by atoms with van der Waals surface area (Å²) in [5.74, 6) is -0.0486. The van der Waals surface area contributed by atoms with Crippen LogP contribution in [0.5, 0.6) is 0 Å². The Labute approximate surface area is 155 Å². The second-order valence-electron chi connectivity index (χ2n) is 6.50. The van der Waals surface area contributed by atoms with E-state index in [4.69, 9.17) is 0 Å². The van der Waals surface area contributed by atoms with Crippen molar-refractivity contribution in [3.63, 3.8) is 0 Å². The van der Waals surface area contributed by atoms with Crippen molar-refractivity contribution in [1.29, 1.82) is 0 Å². The summed E-state index contributed by atoms with van der Waals surface area (Å²) in [6, 6.07) is 27.8. The molecule has 3 nitrogen and oxygen atoms in total. The van der Waals surface area contributed by atoms with E-state index in [1.807, 2.05) is 74.5 Å². The van der Waals surface area contributed by atoms with Gasteiger partial charge in [-0.15, -0.1) is 0 Å². The molecule has 0 heterocycles. The van der Waals surface area contributed by atoms with Gasteiger partial charge in [-0.3, -0.25) is 10.1 Å². The Kier molecular flexibility index (Phi) is 5.82. The lowest BCUT2D eigenvalue weighted by molar-refractivity contribution is -0.117. The Balaban J connectivity index is 1.77. The van der Waals surface area contributed by atoms with E-state index in [1.54, 1.807) is 0 Å². The molecule has 3 aromatic carbocycles. The zero-order chi connectivity index (χ0) is 18.4. The van der Waals surface area contributed by atoms with Crippen molar-refractivity contribution in [1.82, 2.24) is 5.32 Å². The molecule has 1 atom stereocenters. The van der Waals surface area contributed by atoms with E-state index >= 15 is 0 Å². The van der Waals surface area contributed by atoms with Gasteiger partial charge in [0.15, 0.2) is 0 Å². The molecular formula is C23H24N2O. The molecule has 3 rings (SSSR count). The molecule has 0 bridgehead atoms. The Bertz CT molecular complexity index is 807. The summed E-state index contributed by atoms with van der Waals surface area (Å²) in [5, 5.41) is 6.46. The number of benzene rings is 3. The molecule has 0 fully saturated rings. The summed E-state index contributed by atoms with van der Waals surface area (Å²) < 4.78 is 0. The Morgan fingerprint density at radius 1 is 0.808 bits per heavy atom. The topological polar surface area (TPSA) is 41.1 Å². The van der Waals surface area contributed by atoms with E-state index in [2.05, 4.69) is 34.9 Å². The van der Waals surface area contributed by atoms with Crippen molar-refractivity contribution < 1.29 is 4.79 Å². The van der Waals surface area contributed by atoms with Crippen LogP contribution >= 0.6 is 0 Å². The average molecular weight is 344 g/mol. The Morgan fingerprint density at radius 3 is 1.92 bits per heavy atom. The van der Waals surface area contributed by atoms with Crippen LogP contribution in [0.15, 0.2) is 84.9 Å². The molecule has 0 aromatic heterocycles. The molecule has 0 aliphatic heterocycles. The maximum Gasteiger partial charge on any atom is 0.241 e. The molecule has 0 saturated heterocycles. The lowest BCUT2D eigenvalue weighted by atomic mass is 9.98. The third-order valence-electron chi connectivity index (χ3n) is 4.36. The second-order valence-corrected chi connectivity index (χ2v) is 6.50. The molecule has 0 spiro atoms. The molecule has 3 aromatic rings. The van der Waals surface area contributed by atoms with Gasteiger partial charge in [-0.2, -0.15) is 0 Å². The fourth-order valence-corrected chi connectivity index (χ4v) is 2.97. The maximum absolute atomic E-state index is 12.6. The van der Waals surface area contributed by atoms with Crippen molar-refractivity contribution in [3.8, 4) is 0 Å². The van der Waals surface area contributed by atoms with Gasteiger partial charge in [0.05, 0.1) is 12.1 Å². The Morgan fingerprint density at radius 2 is 1.38 bits per heavy atom. The van der Waals surface area contributed by atoms with Crippen LogP contribution in [0.3, 0.4) is 0 Å². The molecule has 1 amide bonds. The van der Waals surface area contributed by atoms with Gasteiger partial charge in [0, 0.05) is 5.69 Å².